The van der Waals surface area contributed by atoms with Crippen LogP contribution in [0.3, 0.4) is 0 Å². The lowest BCUT2D eigenvalue weighted by Gasteiger charge is -2.42. The molecule has 0 bridgehead atoms. The highest BCUT2D eigenvalue weighted by Crippen LogP contribution is 2.52. The fourth-order valence-electron chi connectivity index (χ4n) is 5.81. The summed E-state index contributed by atoms with van der Waals surface area (Å²) in [5.41, 5.74) is 2.35. The van der Waals surface area contributed by atoms with Crippen molar-refractivity contribution in [2.75, 3.05) is 6.61 Å². The summed E-state index contributed by atoms with van der Waals surface area (Å²) in [4.78, 5) is 39.7. The molecule has 8 N–H and O–H groups in total. The van der Waals surface area contributed by atoms with E-state index in [1.165, 1.54) is 18.2 Å². The Kier molecular flexibility index (Phi) is 6.84. The fraction of sp³-hybridized carbons (Fsp3) is 0.444. The van der Waals surface area contributed by atoms with Gasteiger partial charge in [0.1, 0.15) is 23.7 Å². The fourth-order valence-corrected chi connectivity index (χ4v) is 5.81. The number of ketones is 3. The minimum Gasteiger partial charge on any atom is -0.507 e. The second-order valence-electron chi connectivity index (χ2n) is 10.3. The van der Waals surface area contributed by atoms with Gasteiger partial charge >= 0.3 is 0 Å². The lowest BCUT2D eigenvalue weighted by Crippen LogP contribution is -2.53. The topological polar surface area (TPSA) is 217 Å². The van der Waals surface area contributed by atoms with Gasteiger partial charge in [0.2, 0.25) is 0 Å². The summed E-state index contributed by atoms with van der Waals surface area (Å²) in [5, 5.41) is 63.4. The highest BCUT2D eigenvalue weighted by atomic mass is 16.7. The molecule has 0 aromatic heterocycles. The lowest BCUT2D eigenvalue weighted by atomic mass is 9.71. The first kappa shape index (κ1) is 27.3. The number of aliphatic hydroxyl groups is 4. The second kappa shape index (κ2) is 9.75. The van der Waals surface area contributed by atoms with Crippen LogP contribution in [-0.4, -0.2) is 84.7 Å². The average Bonchev–Trinajstić information content (AvgIpc) is 2.90. The number of rotatable bonds is 5. The summed E-state index contributed by atoms with van der Waals surface area (Å²) in [7, 11) is 0. The van der Waals surface area contributed by atoms with Crippen LogP contribution in [0.4, 0.5) is 0 Å². The summed E-state index contributed by atoms with van der Waals surface area (Å²) >= 11 is 0. The molecule has 5 rings (SSSR count). The smallest absolute Gasteiger partial charge is 0.198 e. The van der Waals surface area contributed by atoms with Crippen LogP contribution in [0.2, 0.25) is 0 Å². The second-order valence-corrected chi connectivity index (χ2v) is 10.3. The van der Waals surface area contributed by atoms with Gasteiger partial charge in [-0.25, -0.2) is 0 Å². The van der Waals surface area contributed by atoms with Crippen LogP contribution < -0.4 is 5.73 Å². The number of phenolic OH excluding ortho intramolecular Hbond substituents is 2. The Morgan fingerprint density at radius 1 is 1.13 bits per heavy atom. The number of ether oxygens (including phenoxy) is 2. The van der Waals surface area contributed by atoms with Crippen molar-refractivity contribution in [3.05, 3.63) is 57.1 Å². The summed E-state index contributed by atoms with van der Waals surface area (Å²) in [6, 6.07) is 3.53. The van der Waals surface area contributed by atoms with E-state index in [1.807, 2.05) is 0 Å². The van der Waals surface area contributed by atoms with E-state index >= 15 is 0 Å². The summed E-state index contributed by atoms with van der Waals surface area (Å²) < 4.78 is 11.7. The van der Waals surface area contributed by atoms with Gasteiger partial charge in [0.05, 0.1) is 36.0 Å². The Balaban J connectivity index is 1.69. The van der Waals surface area contributed by atoms with Gasteiger partial charge in [-0.1, -0.05) is 18.2 Å². The zero-order chi connectivity index (χ0) is 28.4. The molecule has 6 atom stereocenters. The number of hydrogen-bond donors (Lipinski definition) is 7. The van der Waals surface area contributed by atoms with Crippen molar-refractivity contribution < 1.29 is 54.5 Å². The first-order valence-electron chi connectivity index (χ1n) is 12.5. The third kappa shape index (κ3) is 4.16. The minimum absolute atomic E-state index is 0.00600. The number of nitrogens with two attached hydrogens (primary N) is 1. The van der Waals surface area contributed by atoms with Gasteiger partial charge in [-0.3, -0.25) is 14.4 Å². The van der Waals surface area contributed by atoms with Gasteiger partial charge in [0, 0.05) is 47.6 Å². The van der Waals surface area contributed by atoms with Gasteiger partial charge in [-0.05, 0) is 12.5 Å². The van der Waals surface area contributed by atoms with Crippen LogP contribution >= 0.6 is 0 Å². The summed E-state index contributed by atoms with van der Waals surface area (Å²) in [5.74, 6) is -4.00. The van der Waals surface area contributed by atoms with Gasteiger partial charge in [-0.2, -0.15) is 0 Å². The van der Waals surface area contributed by atoms with Crippen LogP contribution in [-0.2, 0) is 27.3 Å². The molecule has 1 saturated heterocycles. The standard InChI is InChI=1S/C27H29NO11/c1-10-22(32)14(28)5-17(38-10)39-15-7-27(37,16(31)9-30)6-13-19(15)26(36)21-20(24(13)34)23(33)12-4-2-3-11(8-29)18(12)25(21)35/h2-4,10,14-15,17,22,29-30,32,34,36-37H,5-9,28H2,1H3/t10-,14?,15?,17+,22?,27-/m0/s1. The van der Waals surface area contributed by atoms with Crippen LogP contribution in [0.1, 0.15) is 74.4 Å². The molecule has 2 aromatic rings. The molecule has 39 heavy (non-hydrogen) atoms. The Hall–Kier alpha value is -3.23. The number of aromatic hydroxyl groups is 2. The predicted octanol–water partition coefficient (Wildman–Crippen LogP) is -0.515. The molecule has 1 aliphatic heterocycles. The maximum Gasteiger partial charge on any atom is 0.198 e. The molecular formula is C27H29NO11. The number of phenols is 2. The normalized spacial score (nSPS) is 29.9. The van der Waals surface area contributed by atoms with Crippen molar-refractivity contribution in [2.45, 2.75) is 69.0 Å². The number of carbonyl (C=O) groups is 3. The summed E-state index contributed by atoms with van der Waals surface area (Å²) in [6.07, 6.45) is -5.21. The Bertz CT molecular complexity index is 1380. The molecule has 0 spiro atoms. The minimum atomic E-state index is -2.25. The van der Waals surface area contributed by atoms with E-state index in [2.05, 4.69) is 0 Å². The zero-order valence-corrected chi connectivity index (χ0v) is 21.0. The first-order valence-corrected chi connectivity index (χ1v) is 12.5. The van der Waals surface area contributed by atoms with Crippen LogP contribution in [0.15, 0.2) is 18.2 Å². The number of benzene rings is 2. The van der Waals surface area contributed by atoms with Crippen molar-refractivity contribution in [3.63, 3.8) is 0 Å². The maximum atomic E-state index is 13.6. The maximum absolute atomic E-state index is 13.6. The van der Waals surface area contributed by atoms with E-state index in [0.29, 0.717) is 0 Å². The van der Waals surface area contributed by atoms with Crippen molar-refractivity contribution in [3.8, 4) is 11.5 Å². The van der Waals surface area contributed by atoms with Crippen molar-refractivity contribution in [1.82, 2.24) is 0 Å². The SMILES string of the molecule is C[C@@H]1O[C@H](OC2C[C@](O)(C(=O)CO)Cc3c(O)c4c(c(O)c32)C(=O)c2c(CO)cccc2C4=O)CC(N)C1O. The van der Waals surface area contributed by atoms with E-state index in [-0.39, 0.29) is 34.2 Å². The molecule has 0 amide bonds. The third-order valence-electron chi connectivity index (χ3n) is 7.88. The molecule has 2 aliphatic carbocycles. The predicted molar refractivity (Wildman–Crippen MR) is 131 cm³/mol. The van der Waals surface area contributed by atoms with E-state index in [0.717, 1.165) is 0 Å². The summed E-state index contributed by atoms with van der Waals surface area (Å²) in [6.45, 7) is -0.0137. The lowest BCUT2D eigenvalue weighted by molar-refractivity contribution is -0.247. The monoisotopic (exact) mass is 543 g/mol. The van der Waals surface area contributed by atoms with Crippen LogP contribution in [0, 0.1) is 0 Å². The molecule has 12 nitrogen and oxygen atoms in total. The van der Waals surface area contributed by atoms with Crippen LogP contribution in [0.25, 0.3) is 0 Å². The zero-order valence-electron chi connectivity index (χ0n) is 21.0. The molecule has 0 saturated carbocycles. The van der Waals surface area contributed by atoms with Crippen molar-refractivity contribution in [1.29, 1.82) is 0 Å². The average molecular weight is 544 g/mol. The highest BCUT2D eigenvalue weighted by Gasteiger charge is 2.50. The van der Waals surface area contributed by atoms with Crippen LogP contribution in [0.5, 0.6) is 11.5 Å². The van der Waals surface area contributed by atoms with Gasteiger partial charge in [-0.15, -0.1) is 0 Å². The number of hydrogen-bond acceptors (Lipinski definition) is 12. The molecule has 1 fully saturated rings. The molecule has 12 heteroatoms. The van der Waals surface area contributed by atoms with Gasteiger partial charge < -0.3 is 45.8 Å². The Morgan fingerprint density at radius 2 is 1.82 bits per heavy atom. The number of fused-ring (bicyclic) bond motifs is 3. The number of aliphatic hydroxyl groups excluding tert-OH is 3. The van der Waals surface area contributed by atoms with Crippen molar-refractivity contribution >= 4 is 17.3 Å². The van der Waals surface area contributed by atoms with E-state index in [4.69, 9.17) is 15.2 Å². The van der Waals surface area contributed by atoms with Crippen molar-refractivity contribution in [2.24, 2.45) is 5.73 Å². The largest absolute Gasteiger partial charge is 0.507 e. The number of Topliss-reactive ketones (excluding diaryl/α,β-unsaturated/α-hetero) is 1. The van der Waals surface area contributed by atoms with Gasteiger partial charge in [0.15, 0.2) is 23.6 Å². The molecule has 3 aliphatic rings. The van der Waals surface area contributed by atoms with Gasteiger partial charge in [0.25, 0.3) is 0 Å². The molecular weight excluding hydrogens is 514 g/mol. The van der Waals surface area contributed by atoms with E-state index in [9.17, 15) is 45.0 Å². The van der Waals surface area contributed by atoms with E-state index in [1.54, 1.807) is 6.92 Å². The molecule has 0 radical (unpaired) electrons. The molecule has 1 heterocycles. The third-order valence-corrected chi connectivity index (χ3v) is 7.88. The Morgan fingerprint density at radius 3 is 2.46 bits per heavy atom. The Labute approximate surface area is 222 Å². The quantitative estimate of drug-likeness (QED) is 0.202. The molecule has 3 unspecified atom stereocenters. The molecule has 2 aromatic carbocycles. The number of carbonyl (C=O) groups excluding carboxylic acids is 3. The van der Waals surface area contributed by atoms with E-state index < -0.39 is 102 Å². The molecule has 208 valence electrons. The highest BCUT2D eigenvalue weighted by molar-refractivity contribution is 6.31. The first-order chi connectivity index (χ1) is 18.4.